The van der Waals surface area contributed by atoms with E-state index in [1.165, 1.54) is 13.2 Å². The molecule has 0 spiro atoms. The maximum atomic E-state index is 12.0. The molecule has 1 fully saturated rings. The number of aliphatic hydroxyl groups excluding tert-OH is 1. The SMILES string of the molecule is C=C/C=C(\C=C/N(C)C(=O)ON1C(=O)CCC1O)CNCCCP(=O)(O)O. The third kappa shape index (κ3) is 8.98. The third-order valence-corrected chi connectivity index (χ3v) is 4.47. The molecule has 2 amide bonds. The number of nitrogens with one attached hydrogen (secondary N) is 1. The van der Waals surface area contributed by atoms with Crippen LogP contribution in [0.2, 0.25) is 0 Å². The topological polar surface area (TPSA) is 140 Å². The minimum atomic E-state index is -3.99. The van der Waals surface area contributed by atoms with Gasteiger partial charge in [-0.15, -0.1) is 5.06 Å². The van der Waals surface area contributed by atoms with Crippen molar-refractivity contribution >= 4 is 19.6 Å². The van der Waals surface area contributed by atoms with Crippen molar-refractivity contribution in [3.8, 4) is 0 Å². The third-order valence-electron chi connectivity index (χ3n) is 3.57. The van der Waals surface area contributed by atoms with Gasteiger partial charge in [0.2, 0.25) is 0 Å². The summed E-state index contributed by atoms with van der Waals surface area (Å²) >= 11 is 0. The van der Waals surface area contributed by atoms with Crippen LogP contribution in [0, 0.1) is 0 Å². The van der Waals surface area contributed by atoms with Crippen molar-refractivity contribution in [1.29, 1.82) is 0 Å². The number of rotatable bonds is 10. The molecule has 11 heteroatoms. The quantitative estimate of drug-likeness (QED) is 0.237. The Morgan fingerprint density at radius 3 is 2.78 bits per heavy atom. The normalized spacial score (nSPS) is 18.2. The average molecular weight is 403 g/mol. The van der Waals surface area contributed by atoms with Gasteiger partial charge in [0, 0.05) is 32.6 Å². The van der Waals surface area contributed by atoms with Gasteiger partial charge in [0.25, 0.3) is 5.91 Å². The lowest BCUT2D eigenvalue weighted by molar-refractivity contribution is -0.192. The van der Waals surface area contributed by atoms with Crippen LogP contribution in [0.15, 0.2) is 36.6 Å². The van der Waals surface area contributed by atoms with E-state index in [0.29, 0.717) is 24.6 Å². The van der Waals surface area contributed by atoms with Gasteiger partial charge >= 0.3 is 13.7 Å². The maximum Gasteiger partial charge on any atom is 0.438 e. The number of amides is 2. The molecule has 0 aromatic carbocycles. The molecular weight excluding hydrogens is 377 g/mol. The van der Waals surface area contributed by atoms with Gasteiger partial charge in [-0.05, 0) is 24.6 Å². The Kier molecular flexibility index (Phi) is 9.40. The van der Waals surface area contributed by atoms with Gasteiger partial charge in [0.1, 0.15) is 0 Å². The molecule has 1 heterocycles. The minimum Gasteiger partial charge on any atom is -0.370 e. The molecule has 1 unspecified atom stereocenters. The molecule has 27 heavy (non-hydrogen) atoms. The van der Waals surface area contributed by atoms with Crippen molar-refractivity contribution < 1.29 is 33.9 Å². The van der Waals surface area contributed by atoms with E-state index in [1.807, 2.05) is 0 Å². The van der Waals surface area contributed by atoms with Crippen LogP contribution in [0.1, 0.15) is 19.3 Å². The molecule has 10 nitrogen and oxygen atoms in total. The lowest BCUT2D eigenvalue weighted by Crippen LogP contribution is -2.38. The van der Waals surface area contributed by atoms with E-state index in [2.05, 4.69) is 11.9 Å². The van der Waals surface area contributed by atoms with Gasteiger partial charge in [0.15, 0.2) is 6.23 Å². The fraction of sp³-hybridized carbons (Fsp3) is 0.500. The first kappa shape index (κ1) is 23.1. The van der Waals surface area contributed by atoms with Crippen LogP contribution in [0.4, 0.5) is 4.79 Å². The highest BCUT2D eigenvalue weighted by Gasteiger charge is 2.33. The molecule has 1 atom stereocenters. The second kappa shape index (κ2) is 11.0. The summed E-state index contributed by atoms with van der Waals surface area (Å²) in [6, 6.07) is 0. The maximum absolute atomic E-state index is 12.0. The summed E-state index contributed by atoms with van der Waals surface area (Å²) in [5.74, 6) is -0.458. The molecule has 0 aromatic heterocycles. The molecule has 0 bridgehead atoms. The summed E-state index contributed by atoms with van der Waals surface area (Å²) in [6.07, 6.45) is 4.84. The van der Waals surface area contributed by atoms with Gasteiger partial charge < -0.3 is 25.0 Å². The summed E-state index contributed by atoms with van der Waals surface area (Å²) in [5, 5.41) is 13.3. The zero-order valence-electron chi connectivity index (χ0n) is 15.2. The van der Waals surface area contributed by atoms with E-state index in [-0.39, 0.29) is 19.0 Å². The van der Waals surface area contributed by atoms with Gasteiger partial charge in [-0.1, -0.05) is 18.7 Å². The summed E-state index contributed by atoms with van der Waals surface area (Å²) < 4.78 is 10.8. The first-order chi connectivity index (χ1) is 12.6. The first-order valence-corrected chi connectivity index (χ1v) is 10.1. The van der Waals surface area contributed by atoms with Crippen molar-refractivity contribution in [2.45, 2.75) is 25.5 Å². The van der Waals surface area contributed by atoms with Crippen LogP contribution in [-0.4, -0.2) is 69.4 Å². The van der Waals surface area contributed by atoms with Crippen LogP contribution in [0.3, 0.4) is 0 Å². The molecule has 1 saturated heterocycles. The van der Waals surface area contributed by atoms with Crippen molar-refractivity contribution in [1.82, 2.24) is 15.3 Å². The molecule has 1 aliphatic heterocycles. The zero-order valence-corrected chi connectivity index (χ0v) is 16.0. The molecule has 0 saturated carbocycles. The number of carbonyl (C=O) groups excluding carboxylic acids is 2. The predicted octanol–water partition coefficient (Wildman–Crippen LogP) is 0.694. The Bertz CT molecular complexity index is 644. The van der Waals surface area contributed by atoms with E-state index in [9.17, 15) is 19.3 Å². The summed E-state index contributed by atoms with van der Waals surface area (Å²) in [5.41, 5.74) is 0.762. The smallest absolute Gasteiger partial charge is 0.370 e. The number of hydrogen-bond acceptors (Lipinski definition) is 6. The van der Waals surface area contributed by atoms with E-state index < -0.39 is 25.8 Å². The largest absolute Gasteiger partial charge is 0.438 e. The zero-order chi connectivity index (χ0) is 20.4. The molecule has 1 rings (SSSR count). The van der Waals surface area contributed by atoms with E-state index in [0.717, 1.165) is 10.5 Å². The highest BCUT2D eigenvalue weighted by molar-refractivity contribution is 7.51. The Labute approximate surface area is 157 Å². The lowest BCUT2D eigenvalue weighted by atomic mass is 10.2. The lowest BCUT2D eigenvalue weighted by Gasteiger charge is -2.21. The van der Waals surface area contributed by atoms with Crippen molar-refractivity contribution in [3.05, 3.63) is 36.6 Å². The van der Waals surface area contributed by atoms with Gasteiger partial charge in [-0.2, -0.15) is 0 Å². The standard InChI is InChI=1S/C16H26N3O7P/c1-3-5-13(12-17-9-4-11-27(23,24)25)8-10-18(2)16(22)26-19-14(20)6-7-15(19)21/h3,5,8,10,14,17,20H,1,4,6-7,9,11-12H2,2H3,(H2,23,24,25)/b10-8-,13-5+. The van der Waals surface area contributed by atoms with Crippen molar-refractivity contribution in [2.75, 3.05) is 26.3 Å². The van der Waals surface area contributed by atoms with Gasteiger partial charge in [0.05, 0.1) is 6.16 Å². The summed E-state index contributed by atoms with van der Waals surface area (Å²) in [7, 11) is -2.55. The van der Waals surface area contributed by atoms with Crippen LogP contribution in [0.5, 0.6) is 0 Å². The van der Waals surface area contributed by atoms with Crippen LogP contribution in [0.25, 0.3) is 0 Å². The molecule has 0 aromatic rings. The number of aliphatic hydroxyl groups is 1. The number of hydrogen-bond donors (Lipinski definition) is 4. The number of nitrogens with zero attached hydrogens (tertiary/aromatic N) is 2. The predicted molar refractivity (Wildman–Crippen MR) is 98.1 cm³/mol. The van der Waals surface area contributed by atoms with Crippen LogP contribution < -0.4 is 5.32 Å². The second-order valence-corrected chi connectivity index (χ2v) is 7.70. The molecule has 1 aliphatic rings. The van der Waals surface area contributed by atoms with Gasteiger partial charge in [-0.25, -0.2) is 4.79 Å². The number of carbonyl (C=O) groups is 2. The molecular formula is C16H26N3O7P. The fourth-order valence-electron chi connectivity index (χ4n) is 2.14. The first-order valence-electron chi connectivity index (χ1n) is 8.34. The van der Waals surface area contributed by atoms with E-state index in [4.69, 9.17) is 14.6 Å². The van der Waals surface area contributed by atoms with Crippen molar-refractivity contribution in [2.24, 2.45) is 0 Å². The summed E-state index contributed by atoms with van der Waals surface area (Å²) in [6.45, 7) is 4.42. The Hall–Kier alpha value is -1.97. The monoisotopic (exact) mass is 403 g/mol. The molecule has 0 radical (unpaired) electrons. The highest BCUT2D eigenvalue weighted by atomic mass is 31.2. The van der Waals surface area contributed by atoms with E-state index in [1.54, 1.807) is 18.2 Å². The van der Waals surface area contributed by atoms with Crippen LogP contribution >= 0.6 is 7.60 Å². The minimum absolute atomic E-state index is 0.119. The van der Waals surface area contributed by atoms with Crippen LogP contribution in [-0.2, 0) is 14.2 Å². The number of hydroxylamine groups is 2. The van der Waals surface area contributed by atoms with E-state index >= 15 is 0 Å². The Morgan fingerprint density at radius 2 is 2.22 bits per heavy atom. The average Bonchev–Trinajstić information content (AvgIpc) is 2.89. The van der Waals surface area contributed by atoms with Crippen molar-refractivity contribution in [3.63, 3.8) is 0 Å². The number of allylic oxidation sites excluding steroid dienone is 2. The molecule has 0 aliphatic carbocycles. The Morgan fingerprint density at radius 1 is 1.52 bits per heavy atom. The summed E-state index contributed by atoms with van der Waals surface area (Å²) in [4.78, 5) is 47.1. The molecule has 152 valence electrons. The molecule has 4 N–H and O–H groups in total. The fourth-order valence-corrected chi connectivity index (χ4v) is 2.71. The second-order valence-electron chi connectivity index (χ2n) is 5.92. The Balaban J connectivity index is 2.48. The highest BCUT2D eigenvalue weighted by Crippen LogP contribution is 2.34. The van der Waals surface area contributed by atoms with Gasteiger partial charge in [-0.3, -0.25) is 14.3 Å².